The number of amides is 1. The van der Waals surface area contributed by atoms with E-state index in [9.17, 15) is 54.0 Å². The molecule has 438 valence electrons. The largest absolute Gasteiger partial charge is 0.480 e. The molecule has 18 nitrogen and oxygen atoms in total. The molecule has 1 unspecified atom stereocenters. The SMILES string of the molecule is CCCCCCCCCCCCCCCCCC(=O)OCC(CN(C)CCN(C)C(=O)CN(CCN(CC(=O)O)CC(=O)O)CCN(CC(=O)O)CC(=O)O)OC(=O)CCCCCCCCCCCCCCCCC. The van der Waals surface area contributed by atoms with E-state index in [0.29, 0.717) is 13.0 Å². The maximum absolute atomic E-state index is 13.6. The number of carboxylic acid groups (broad SMARTS) is 4. The second-order valence-electron chi connectivity index (χ2n) is 21.0. The van der Waals surface area contributed by atoms with Crippen LogP contribution < -0.4 is 0 Å². The zero-order valence-electron chi connectivity index (χ0n) is 47.6. The van der Waals surface area contributed by atoms with Crippen LogP contribution in [0, 0.1) is 0 Å². The Bertz CT molecular complexity index is 1420. The number of hydrogen-bond acceptors (Lipinski definition) is 13. The molecule has 0 aromatic rings. The van der Waals surface area contributed by atoms with Crippen LogP contribution in [-0.2, 0) is 43.0 Å². The van der Waals surface area contributed by atoms with Crippen LogP contribution in [0.5, 0.6) is 0 Å². The summed E-state index contributed by atoms with van der Waals surface area (Å²) in [5.74, 6) is -5.94. The summed E-state index contributed by atoms with van der Waals surface area (Å²) in [6.45, 7) is 2.84. The van der Waals surface area contributed by atoms with Gasteiger partial charge in [0.05, 0.1) is 32.7 Å². The second-order valence-corrected chi connectivity index (χ2v) is 21.0. The molecule has 75 heavy (non-hydrogen) atoms. The smallest absolute Gasteiger partial charge is 0.317 e. The number of esters is 2. The maximum atomic E-state index is 13.6. The first-order valence-electron chi connectivity index (χ1n) is 29.4. The molecule has 0 rings (SSSR count). The van der Waals surface area contributed by atoms with Gasteiger partial charge in [-0.25, -0.2) is 0 Å². The Labute approximate surface area is 453 Å². The highest BCUT2D eigenvalue weighted by Crippen LogP contribution is 2.16. The average Bonchev–Trinajstić information content (AvgIpc) is 3.34. The Kier molecular flexibility index (Phi) is 47.1. The highest BCUT2D eigenvalue weighted by molar-refractivity contribution is 5.78. The van der Waals surface area contributed by atoms with Crippen molar-refractivity contribution in [3.8, 4) is 0 Å². The van der Waals surface area contributed by atoms with Crippen molar-refractivity contribution in [2.24, 2.45) is 0 Å². The lowest BCUT2D eigenvalue weighted by Gasteiger charge is -2.30. The molecule has 0 radical (unpaired) electrons. The summed E-state index contributed by atoms with van der Waals surface area (Å²) in [6.07, 6.45) is 36.6. The standard InChI is InChI=1S/C57H107N5O13/c1-5-7-9-11-13-15-17-19-21-23-25-27-29-31-33-35-56(72)74-49-50(75-57(73)36-34-32-30-28-26-24-22-20-18-16-14-12-10-8-6-2)43-58(3)37-38-59(4)51(63)44-60(39-41-61(45-52(64)65)46-53(66)67)40-42-62(47-54(68)69)48-55(70)71/h50H,5-49H2,1-4H3,(H,64,65)(H,66,67)(H,68,69)(H,70,71). The second kappa shape index (κ2) is 49.7. The number of unbranched alkanes of at least 4 members (excludes halogenated alkanes) is 28. The van der Waals surface area contributed by atoms with Crippen LogP contribution in [0.2, 0.25) is 0 Å². The molecule has 0 aromatic carbocycles. The van der Waals surface area contributed by atoms with E-state index in [0.717, 1.165) is 44.9 Å². The van der Waals surface area contributed by atoms with Gasteiger partial charge in [-0.1, -0.05) is 194 Å². The third-order valence-electron chi connectivity index (χ3n) is 13.7. The summed E-state index contributed by atoms with van der Waals surface area (Å²) in [4.78, 5) is 92.7. The summed E-state index contributed by atoms with van der Waals surface area (Å²) in [7, 11) is 3.42. The van der Waals surface area contributed by atoms with Gasteiger partial charge in [0.25, 0.3) is 0 Å². The van der Waals surface area contributed by atoms with E-state index in [1.54, 1.807) is 11.9 Å². The van der Waals surface area contributed by atoms with Crippen molar-refractivity contribution < 1.29 is 63.5 Å². The molecule has 1 atom stereocenters. The van der Waals surface area contributed by atoms with Crippen molar-refractivity contribution >= 4 is 41.7 Å². The molecule has 0 heterocycles. The van der Waals surface area contributed by atoms with E-state index in [2.05, 4.69) is 13.8 Å². The number of ether oxygens (including phenoxy) is 2. The summed E-state index contributed by atoms with van der Waals surface area (Å²) in [5, 5.41) is 37.3. The summed E-state index contributed by atoms with van der Waals surface area (Å²) >= 11 is 0. The average molecular weight is 1070 g/mol. The van der Waals surface area contributed by atoms with Gasteiger partial charge in [-0.15, -0.1) is 0 Å². The monoisotopic (exact) mass is 1070 g/mol. The predicted molar refractivity (Wildman–Crippen MR) is 295 cm³/mol. The first-order valence-corrected chi connectivity index (χ1v) is 29.4. The predicted octanol–water partition coefficient (Wildman–Crippen LogP) is 9.60. The third kappa shape index (κ3) is 48.3. The molecule has 4 N–H and O–H groups in total. The van der Waals surface area contributed by atoms with E-state index in [1.807, 2.05) is 11.9 Å². The van der Waals surface area contributed by atoms with Gasteiger partial charge in [-0.2, -0.15) is 0 Å². The van der Waals surface area contributed by atoms with Crippen molar-refractivity contribution in [3.05, 3.63) is 0 Å². The molecule has 0 aliphatic heterocycles. The quantitative estimate of drug-likeness (QED) is 0.0328. The first kappa shape index (κ1) is 71.1. The fourth-order valence-electron chi connectivity index (χ4n) is 9.13. The summed E-state index contributed by atoms with van der Waals surface area (Å²) in [5.41, 5.74) is 0. The van der Waals surface area contributed by atoms with Crippen molar-refractivity contribution in [3.63, 3.8) is 0 Å². The van der Waals surface area contributed by atoms with Crippen molar-refractivity contribution in [2.45, 2.75) is 225 Å². The number of carbonyl (C=O) groups is 7. The number of rotatable bonds is 56. The Morgan fingerprint density at radius 1 is 0.373 bits per heavy atom. The van der Waals surface area contributed by atoms with Crippen molar-refractivity contribution in [1.29, 1.82) is 0 Å². The summed E-state index contributed by atoms with van der Waals surface area (Å²) in [6, 6.07) is 0. The van der Waals surface area contributed by atoms with Gasteiger partial charge in [0, 0.05) is 65.7 Å². The van der Waals surface area contributed by atoms with Gasteiger partial charge in [0.15, 0.2) is 0 Å². The Morgan fingerprint density at radius 2 is 0.680 bits per heavy atom. The molecule has 0 aliphatic carbocycles. The van der Waals surface area contributed by atoms with Gasteiger partial charge in [-0.3, -0.25) is 48.3 Å². The van der Waals surface area contributed by atoms with Crippen molar-refractivity contribution in [2.75, 3.05) is 99.2 Å². The fraction of sp³-hybridized carbons (Fsp3) is 0.877. The van der Waals surface area contributed by atoms with Crippen LogP contribution in [0.1, 0.15) is 219 Å². The van der Waals surface area contributed by atoms with Crippen LogP contribution >= 0.6 is 0 Å². The zero-order valence-corrected chi connectivity index (χ0v) is 47.6. The van der Waals surface area contributed by atoms with Gasteiger partial charge in [0.2, 0.25) is 5.91 Å². The molecule has 0 fully saturated rings. The van der Waals surface area contributed by atoms with Crippen LogP contribution in [0.15, 0.2) is 0 Å². The molecule has 0 saturated carbocycles. The molecular formula is C57H107N5O13. The summed E-state index contributed by atoms with van der Waals surface area (Å²) < 4.78 is 11.6. The molecule has 0 bridgehead atoms. The molecular weight excluding hydrogens is 963 g/mol. The molecule has 1 amide bonds. The highest BCUT2D eigenvalue weighted by atomic mass is 16.6. The number of carboxylic acids is 4. The molecule has 0 saturated heterocycles. The van der Waals surface area contributed by atoms with Crippen LogP contribution in [0.25, 0.3) is 0 Å². The normalized spacial score (nSPS) is 11.9. The van der Waals surface area contributed by atoms with E-state index < -0.39 is 56.2 Å². The lowest BCUT2D eigenvalue weighted by atomic mass is 10.0. The number of carbonyl (C=O) groups excluding carboxylic acids is 3. The Hall–Kier alpha value is -3.87. The van der Waals surface area contributed by atoms with Gasteiger partial charge in [-0.05, 0) is 19.9 Å². The Balaban J connectivity index is 5.29. The lowest BCUT2D eigenvalue weighted by molar-refractivity contribution is -0.160. The first-order chi connectivity index (χ1) is 36.1. The zero-order chi connectivity index (χ0) is 55.7. The number of nitrogens with zero attached hydrogens (tertiary/aromatic N) is 5. The molecule has 0 aliphatic rings. The van der Waals surface area contributed by atoms with E-state index >= 15 is 0 Å². The minimum Gasteiger partial charge on any atom is -0.480 e. The van der Waals surface area contributed by atoms with Gasteiger partial charge < -0.3 is 39.7 Å². The van der Waals surface area contributed by atoms with E-state index in [-0.39, 0.29) is 76.7 Å². The lowest BCUT2D eigenvalue weighted by Crippen LogP contribution is -2.48. The highest BCUT2D eigenvalue weighted by Gasteiger charge is 2.23. The molecule has 0 aromatic heterocycles. The number of likely N-dealkylation sites (N-methyl/N-ethyl adjacent to an activating group) is 2. The van der Waals surface area contributed by atoms with Crippen LogP contribution in [0.3, 0.4) is 0 Å². The number of hydrogen-bond donors (Lipinski definition) is 4. The van der Waals surface area contributed by atoms with E-state index in [1.165, 1.54) is 162 Å². The third-order valence-corrected chi connectivity index (χ3v) is 13.7. The Morgan fingerprint density at radius 3 is 1.01 bits per heavy atom. The van der Waals surface area contributed by atoms with Crippen molar-refractivity contribution in [1.82, 2.24) is 24.5 Å². The minimum atomic E-state index is -1.23. The molecule has 0 spiro atoms. The van der Waals surface area contributed by atoms with Gasteiger partial charge in [0.1, 0.15) is 12.7 Å². The molecule has 18 heteroatoms. The van der Waals surface area contributed by atoms with Gasteiger partial charge >= 0.3 is 35.8 Å². The fourth-order valence-corrected chi connectivity index (χ4v) is 9.13. The minimum absolute atomic E-state index is 0.0403. The maximum Gasteiger partial charge on any atom is 0.317 e. The van der Waals surface area contributed by atoms with Crippen LogP contribution in [-0.4, -0.2) is 192 Å². The topological polar surface area (TPSA) is 235 Å². The number of aliphatic carboxylic acids is 4. The van der Waals surface area contributed by atoms with E-state index in [4.69, 9.17) is 9.47 Å². The van der Waals surface area contributed by atoms with Crippen LogP contribution in [0.4, 0.5) is 0 Å².